The SMILES string of the molecule is Cc1ccc(C(=O)NC2CCCC[C@@H]2C)cc1. The average molecular weight is 231 g/mol. The Morgan fingerprint density at radius 2 is 1.82 bits per heavy atom. The molecule has 0 aromatic heterocycles. The lowest BCUT2D eigenvalue weighted by Gasteiger charge is -2.29. The third-order valence-electron chi connectivity index (χ3n) is 3.74. The number of amides is 1. The molecular formula is C15H21NO. The van der Waals surface area contributed by atoms with Crippen molar-refractivity contribution in [2.75, 3.05) is 0 Å². The van der Waals surface area contributed by atoms with E-state index in [1.54, 1.807) is 0 Å². The van der Waals surface area contributed by atoms with Gasteiger partial charge in [-0.05, 0) is 37.8 Å². The van der Waals surface area contributed by atoms with Crippen molar-refractivity contribution in [1.29, 1.82) is 0 Å². The summed E-state index contributed by atoms with van der Waals surface area (Å²) in [6.07, 6.45) is 4.90. The summed E-state index contributed by atoms with van der Waals surface area (Å²) in [7, 11) is 0. The van der Waals surface area contributed by atoms with Gasteiger partial charge >= 0.3 is 0 Å². The van der Waals surface area contributed by atoms with Crippen LogP contribution in [0.5, 0.6) is 0 Å². The zero-order valence-electron chi connectivity index (χ0n) is 10.7. The summed E-state index contributed by atoms with van der Waals surface area (Å²) in [6.45, 7) is 4.27. The van der Waals surface area contributed by atoms with Crippen molar-refractivity contribution < 1.29 is 4.79 Å². The van der Waals surface area contributed by atoms with E-state index in [0.717, 1.165) is 12.0 Å². The molecule has 1 aromatic carbocycles. The first-order valence-corrected chi connectivity index (χ1v) is 6.54. The molecule has 2 nitrogen and oxygen atoms in total. The van der Waals surface area contributed by atoms with Gasteiger partial charge in [0, 0.05) is 11.6 Å². The molecule has 2 atom stereocenters. The van der Waals surface area contributed by atoms with E-state index in [2.05, 4.69) is 12.2 Å². The van der Waals surface area contributed by atoms with E-state index < -0.39 is 0 Å². The minimum absolute atomic E-state index is 0.0729. The highest BCUT2D eigenvalue weighted by molar-refractivity contribution is 5.94. The van der Waals surface area contributed by atoms with Crippen LogP contribution in [0.2, 0.25) is 0 Å². The monoisotopic (exact) mass is 231 g/mol. The van der Waals surface area contributed by atoms with Gasteiger partial charge in [-0.2, -0.15) is 0 Å². The molecule has 1 aromatic rings. The van der Waals surface area contributed by atoms with Crippen LogP contribution in [-0.4, -0.2) is 11.9 Å². The van der Waals surface area contributed by atoms with Gasteiger partial charge in [-0.3, -0.25) is 4.79 Å². The summed E-state index contributed by atoms with van der Waals surface area (Å²) in [4.78, 5) is 12.1. The van der Waals surface area contributed by atoms with Crippen LogP contribution >= 0.6 is 0 Å². The molecule has 0 saturated heterocycles. The van der Waals surface area contributed by atoms with Gasteiger partial charge in [-0.1, -0.05) is 37.5 Å². The maximum Gasteiger partial charge on any atom is 0.251 e. The number of hydrogen-bond acceptors (Lipinski definition) is 1. The fourth-order valence-electron chi connectivity index (χ4n) is 2.49. The smallest absolute Gasteiger partial charge is 0.251 e. The second-order valence-corrected chi connectivity index (χ2v) is 5.21. The number of carbonyl (C=O) groups is 1. The van der Waals surface area contributed by atoms with E-state index in [0.29, 0.717) is 12.0 Å². The molecule has 1 aliphatic rings. The van der Waals surface area contributed by atoms with Gasteiger partial charge in [0.1, 0.15) is 0 Å². The maximum atomic E-state index is 12.1. The molecule has 0 aliphatic heterocycles. The van der Waals surface area contributed by atoms with Crippen LogP contribution in [-0.2, 0) is 0 Å². The van der Waals surface area contributed by atoms with Crippen molar-refractivity contribution in [3.05, 3.63) is 35.4 Å². The zero-order valence-corrected chi connectivity index (χ0v) is 10.7. The molecule has 1 saturated carbocycles. The minimum atomic E-state index is 0.0729. The van der Waals surface area contributed by atoms with Crippen LogP contribution in [0.3, 0.4) is 0 Å². The van der Waals surface area contributed by atoms with Gasteiger partial charge in [0.25, 0.3) is 5.91 Å². The van der Waals surface area contributed by atoms with Gasteiger partial charge in [0.2, 0.25) is 0 Å². The Bertz CT molecular complexity index is 382. The molecule has 1 fully saturated rings. The van der Waals surface area contributed by atoms with Crippen molar-refractivity contribution in [2.45, 2.75) is 45.6 Å². The third-order valence-corrected chi connectivity index (χ3v) is 3.74. The molecule has 0 spiro atoms. The Kier molecular flexibility index (Phi) is 3.82. The molecule has 2 heteroatoms. The average Bonchev–Trinajstić information content (AvgIpc) is 2.33. The van der Waals surface area contributed by atoms with Gasteiger partial charge in [0.15, 0.2) is 0 Å². The summed E-state index contributed by atoms with van der Waals surface area (Å²) in [5.74, 6) is 0.682. The highest BCUT2D eigenvalue weighted by Gasteiger charge is 2.22. The Morgan fingerprint density at radius 3 is 2.47 bits per heavy atom. The maximum absolute atomic E-state index is 12.1. The molecular weight excluding hydrogens is 210 g/mol. The van der Waals surface area contributed by atoms with Gasteiger partial charge in [-0.15, -0.1) is 0 Å². The highest BCUT2D eigenvalue weighted by atomic mass is 16.1. The first-order valence-electron chi connectivity index (χ1n) is 6.54. The van der Waals surface area contributed by atoms with Crippen molar-refractivity contribution in [3.8, 4) is 0 Å². The minimum Gasteiger partial charge on any atom is -0.349 e. The summed E-state index contributed by atoms with van der Waals surface area (Å²) < 4.78 is 0. The second-order valence-electron chi connectivity index (χ2n) is 5.21. The predicted octanol–water partition coefficient (Wildman–Crippen LogP) is 3.30. The zero-order chi connectivity index (χ0) is 12.3. The van der Waals surface area contributed by atoms with Gasteiger partial charge in [0.05, 0.1) is 0 Å². The molecule has 17 heavy (non-hydrogen) atoms. The predicted molar refractivity (Wildman–Crippen MR) is 70.1 cm³/mol. The molecule has 1 amide bonds. The summed E-state index contributed by atoms with van der Waals surface area (Å²) >= 11 is 0. The van der Waals surface area contributed by atoms with Crippen LogP contribution < -0.4 is 5.32 Å². The van der Waals surface area contributed by atoms with Crippen molar-refractivity contribution in [2.24, 2.45) is 5.92 Å². The Morgan fingerprint density at radius 1 is 1.18 bits per heavy atom. The van der Waals surface area contributed by atoms with E-state index >= 15 is 0 Å². The van der Waals surface area contributed by atoms with E-state index in [1.807, 2.05) is 31.2 Å². The molecule has 0 heterocycles. The number of hydrogen-bond donors (Lipinski definition) is 1. The fraction of sp³-hybridized carbons (Fsp3) is 0.533. The molecule has 92 valence electrons. The van der Waals surface area contributed by atoms with Crippen molar-refractivity contribution in [1.82, 2.24) is 5.32 Å². The van der Waals surface area contributed by atoms with Crippen LogP contribution in [0, 0.1) is 12.8 Å². The number of aryl methyl sites for hydroxylation is 1. The number of benzene rings is 1. The van der Waals surface area contributed by atoms with E-state index in [1.165, 1.54) is 24.8 Å². The standard InChI is InChI=1S/C15H21NO/c1-11-7-9-13(10-8-11)15(17)16-14-6-4-3-5-12(14)2/h7-10,12,14H,3-6H2,1-2H3,(H,16,17)/t12-,14?/m0/s1. The van der Waals surface area contributed by atoms with Crippen LogP contribution in [0.25, 0.3) is 0 Å². The van der Waals surface area contributed by atoms with Crippen molar-refractivity contribution in [3.63, 3.8) is 0 Å². The molecule has 1 aliphatic carbocycles. The molecule has 1 N–H and O–H groups in total. The molecule has 0 radical (unpaired) electrons. The summed E-state index contributed by atoms with van der Waals surface area (Å²) in [5, 5.41) is 3.17. The largest absolute Gasteiger partial charge is 0.349 e. The van der Waals surface area contributed by atoms with E-state index in [-0.39, 0.29) is 5.91 Å². The second kappa shape index (κ2) is 5.35. The lowest BCUT2D eigenvalue weighted by Crippen LogP contribution is -2.41. The van der Waals surface area contributed by atoms with Crippen LogP contribution in [0.1, 0.15) is 48.5 Å². The normalized spacial score (nSPS) is 24.4. The molecule has 1 unspecified atom stereocenters. The Labute approximate surface area is 103 Å². The number of nitrogens with one attached hydrogen (secondary N) is 1. The van der Waals surface area contributed by atoms with E-state index in [9.17, 15) is 4.79 Å². The van der Waals surface area contributed by atoms with Crippen molar-refractivity contribution >= 4 is 5.91 Å². The highest BCUT2D eigenvalue weighted by Crippen LogP contribution is 2.23. The quantitative estimate of drug-likeness (QED) is 0.831. The van der Waals surface area contributed by atoms with Crippen LogP contribution in [0.15, 0.2) is 24.3 Å². The third kappa shape index (κ3) is 3.09. The lowest BCUT2D eigenvalue weighted by molar-refractivity contribution is 0.0910. The Balaban J connectivity index is 1.98. The van der Waals surface area contributed by atoms with Gasteiger partial charge in [-0.25, -0.2) is 0 Å². The summed E-state index contributed by atoms with van der Waals surface area (Å²) in [5.41, 5.74) is 1.96. The molecule has 2 rings (SSSR count). The van der Waals surface area contributed by atoms with E-state index in [4.69, 9.17) is 0 Å². The summed E-state index contributed by atoms with van der Waals surface area (Å²) in [6, 6.07) is 8.13. The first kappa shape index (κ1) is 12.2. The molecule has 0 bridgehead atoms. The number of carbonyl (C=O) groups excluding carboxylic acids is 1. The van der Waals surface area contributed by atoms with Crippen LogP contribution in [0.4, 0.5) is 0 Å². The fourth-order valence-corrected chi connectivity index (χ4v) is 2.49. The lowest BCUT2D eigenvalue weighted by atomic mass is 9.86. The topological polar surface area (TPSA) is 29.1 Å². The first-order chi connectivity index (χ1) is 8.16. The Hall–Kier alpha value is -1.31. The van der Waals surface area contributed by atoms with Gasteiger partial charge < -0.3 is 5.32 Å². The number of rotatable bonds is 2.